The first-order valence-electron chi connectivity index (χ1n) is 3.81. The molecule has 0 saturated carbocycles. The molecule has 0 aromatic rings. The quantitative estimate of drug-likeness (QED) is 0.497. The summed E-state index contributed by atoms with van der Waals surface area (Å²) in [6.45, 7) is 8.59. The van der Waals surface area contributed by atoms with Crippen LogP contribution in [0.15, 0.2) is 0 Å². The Hall–Kier alpha value is 1.23. The third-order valence-corrected chi connectivity index (χ3v) is 9.12. The van der Waals surface area contributed by atoms with Gasteiger partial charge >= 0.3 is 0 Å². The Kier molecular flexibility index (Phi) is 4.96. The average Bonchev–Trinajstić information content (AvgIpc) is 1.86. The Morgan fingerprint density at radius 1 is 1.27 bits per heavy atom. The Labute approximate surface area is 83.2 Å². The van der Waals surface area contributed by atoms with Gasteiger partial charge in [-0.1, -0.05) is 13.8 Å². The molecule has 0 aliphatic heterocycles. The summed E-state index contributed by atoms with van der Waals surface area (Å²) in [4.78, 5) is 0. The van der Waals surface area contributed by atoms with Crippen LogP contribution in [0.2, 0.25) is 0 Å². The Morgan fingerprint density at radius 3 is 2.00 bits per heavy atom. The van der Waals surface area contributed by atoms with Crippen molar-refractivity contribution in [2.24, 2.45) is 0 Å². The monoisotopic (exact) mass is 233 g/mol. The fraction of sp³-hybridized carbons (Fsp3) is 1.00. The van der Waals surface area contributed by atoms with E-state index in [0.717, 1.165) is 12.6 Å². The molecule has 0 amide bonds. The standard InChI is InChI=1S/C7H16Cl2PS/c1-5-7(3,4)11-10(8,9)6-2/h5-6H2,1-4H3/q+1. The Balaban J connectivity index is 4.53. The molecule has 0 aromatic heterocycles. The first-order chi connectivity index (χ1) is 4.83. The zero-order chi connectivity index (χ0) is 9.12. The number of halogens is 2. The van der Waals surface area contributed by atoms with Gasteiger partial charge in [0.2, 0.25) is 0 Å². The van der Waals surface area contributed by atoms with Crippen molar-refractivity contribution >= 4 is 38.2 Å². The van der Waals surface area contributed by atoms with Crippen LogP contribution in [0.25, 0.3) is 0 Å². The molecule has 0 unspecified atom stereocenters. The normalized spacial score (nSPS) is 13.3. The van der Waals surface area contributed by atoms with E-state index in [1.54, 1.807) is 10.9 Å². The fourth-order valence-corrected chi connectivity index (χ4v) is 7.78. The van der Waals surface area contributed by atoms with Gasteiger partial charge in [0, 0.05) is 12.6 Å². The maximum atomic E-state index is 6.12. The zero-order valence-electron chi connectivity index (χ0n) is 7.53. The molecule has 0 spiro atoms. The maximum Gasteiger partial charge on any atom is 0.295 e. The lowest BCUT2D eigenvalue weighted by atomic mass is 10.1. The molecular formula is C7H16Cl2PS+. The van der Waals surface area contributed by atoms with Gasteiger partial charge in [-0.2, -0.15) is 0 Å². The predicted octanol–water partition coefficient (Wildman–Crippen LogP) is 4.52. The van der Waals surface area contributed by atoms with E-state index in [-0.39, 0.29) is 4.75 Å². The van der Waals surface area contributed by atoms with Crippen molar-refractivity contribution in [1.82, 2.24) is 0 Å². The lowest BCUT2D eigenvalue weighted by Gasteiger charge is -2.06. The van der Waals surface area contributed by atoms with E-state index >= 15 is 0 Å². The van der Waals surface area contributed by atoms with Gasteiger partial charge in [-0.15, -0.1) is 0 Å². The van der Waals surface area contributed by atoms with Crippen LogP contribution in [-0.4, -0.2) is 10.9 Å². The molecule has 0 N–H and O–H groups in total. The van der Waals surface area contributed by atoms with Crippen molar-refractivity contribution in [3.8, 4) is 0 Å². The van der Waals surface area contributed by atoms with Crippen LogP contribution in [0, 0.1) is 0 Å². The van der Waals surface area contributed by atoms with E-state index in [4.69, 9.17) is 22.5 Å². The highest BCUT2D eigenvalue weighted by Crippen LogP contribution is 2.60. The lowest BCUT2D eigenvalue weighted by molar-refractivity contribution is 0.688. The molecule has 4 heteroatoms. The second-order valence-electron chi connectivity index (χ2n) is 3.09. The van der Waals surface area contributed by atoms with Crippen LogP contribution in [0.1, 0.15) is 34.1 Å². The smallest absolute Gasteiger partial charge is 0.0598 e. The summed E-state index contributed by atoms with van der Waals surface area (Å²) in [6.07, 6.45) is 2.00. The molecule has 0 fully saturated rings. The van der Waals surface area contributed by atoms with E-state index in [2.05, 4.69) is 20.8 Å². The molecule has 0 bridgehead atoms. The van der Waals surface area contributed by atoms with Crippen molar-refractivity contribution < 1.29 is 0 Å². The highest BCUT2D eigenvalue weighted by molar-refractivity contribution is 8.44. The maximum absolute atomic E-state index is 6.12. The molecule has 0 radical (unpaired) electrons. The SMILES string of the molecule is CCC(C)(C)[S+]=P(Cl)(Cl)CC. The second-order valence-corrected chi connectivity index (χ2v) is 13.8. The number of rotatable bonds is 3. The van der Waals surface area contributed by atoms with E-state index in [1.807, 2.05) is 6.92 Å². The molecule has 0 aliphatic rings. The van der Waals surface area contributed by atoms with Crippen LogP contribution < -0.4 is 0 Å². The molecule has 0 nitrogen and oxygen atoms in total. The van der Waals surface area contributed by atoms with Gasteiger partial charge in [-0.05, 0) is 36.3 Å². The molecule has 0 aliphatic carbocycles. The number of hydrogen-bond donors (Lipinski definition) is 0. The summed E-state index contributed by atoms with van der Waals surface area (Å²) in [7, 11) is 1.75. The lowest BCUT2D eigenvalue weighted by Crippen LogP contribution is -2.15. The van der Waals surface area contributed by atoms with Gasteiger partial charge in [0.15, 0.2) is 15.7 Å². The van der Waals surface area contributed by atoms with Crippen molar-refractivity contribution in [1.29, 1.82) is 0 Å². The minimum atomic E-state index is -1.70. The topological polar surface area (TPSA) is 0 Å². The molecule has 11 heavy (non-hydrogen) atoms. The molecule has 0 atom stereocenters. The summed E-state index contributed by atoms with van der Waals surface area (Å²) in [5.41, 5.74) is 0. The van der Waals surface area contributed by atoms with Crippen molar-refractivity contribution in [3.63, 3.8) is 0 Å². The minimum absolute atomic E-state index is 0.229. The summed E-state index contributed by atoms with van der Waals surface area (Å²) in [5.74, 6) is 0. The average molecular weight is 234 g/mol. The fourth-order valence-electron chi connectivity index (χ4n) is 0.491. The predicted molar refractivity (Wildman–Crippen MR) is 60.9 cm³/mol. The largest absolute Gasteiger partial charge is 0.295 e. The highest BCUT2D eigenvalue weighted by atomic mass is 35.9. The Bertz CT molecular complexity index is 171. The van der Waals surface area contributed by atoms with Gasteiger partial charge in [0.05, 0.1) is 0 Å². The summed E-state index contributed by atoms with van der Waals surface area (Å²) in [5, 5.41) is 0. The molecule has 0 aromatic carbocycles. The van der Waals surface area contributed by atoms with E-state index < -0.39 is 4.74 Å². The molecule has 0 saturated heterocycles. The molecule has 68 valence electrons. The second kappa shape index (κ2) is 4.46. The number of hydrogen-bond acceptors (Lipinski definition) is 0. The van der Waals surface area contributed by atoms with E-state index in [9.17, 15) is 0 Å². The van der Waals surface area contributed by atoms with Crippen LogP contribution >= 0.6 is 27.2 Å². The molecular weight excluding hydrogens is 218 g/mol. The van der Waals surface area contributed by atoms with Gasteiger partial charge in [0.25, 0.3) is 4.74 Å². The van der Waals surface area contributed by atoms with Gasteiger partial charge in [0.1, 0.15) is 0 Å². The van der Waals surface area contributed by atoms with Crippen molar-refractivity contribution in [2.45, 2.75) is 38.9 Å². The highest BCUT2D eigenvalue weighted by Gasteiger charge is 2.32. The Morgan fingerprint density at radius 2 is 1.73 bits per heavy atom. The first kappa shape index (κ1) is 12.2. The third kappa shape index (κ3) is 5.47. The summed E-state index contributed by atoms with van der Waals surface area (Å²) < 4.78 is -1.47. The van der Waals surface area contributed by atoms with Gasteiger partial charge in [-0.3, -0.25) is 0 Å². The van der Waals surface area contributed by atoms with Crippen molar-refractivity contribution in [2.75, 3.05) is 6.16 Å². The molecule has 0 heterocycles. The summed E-state index contributed by atoms with van der Waals surface area (Å²) >= 11 is 12.2. The summed E-state index contributed by atoms with van der Waals surface area (Å²) in [6, 6.07) is 0. The third-order valence-electron chi connectivity index (χ3n) is 1.60. The van der Waals surface area contributed by atoms with Crippen LogP contribution in [0.3, 0.4) is 0 Å². The van der Waals surface area contributed by atoms with Crippen LogP contribution in [0.4, 0.5) is 0 Å². The van der Waals surface area contributed by atoms with Crippen LogP contribution in [0.5, 0.6) is 0 Å². The van der Waals surface area contributed by atoms with E-state index in [1.165, 1.54) is 0 Å². The zero-order valence-corrected chi connectivity index (χ0v) is 10.7. The first-order valence-corrected chi connectivity index (χ1v) is 9.01. The van der Waals surface area contributed by atoms with Gasteiger partial charge in [-0.25, -0.2) is 0 Å². The van der Waals surface area contributed by atoms with E-state index in [0.29, 0.717) is 0 Å². The van der Waals surface area contributed by atoms with Crippen LogP contribution in [-0.2, 0) is 10.9 Å². The van der Waals surface area contributed by atoms with Crippen molar-refractivity contribution in [3.05, 3.63) is 0 Å². The molecule has 0 rings (SSSR count). The minimum Gasteiger partial charge on any atom is -0.0598 e. The van der Waals surface area contributed by atoms with Gasteiger partial charge < -0.3 is 0 Å².